The lowest BCUT2D eigenvalue weighted by Gasteiger charge is -2.14. The number of benzene rings is 1. The number of allylic oxidation sites excluding steroid dienone is 1. The first-order chi connectivity index (χ1) is 7.77. The molecule has 16 heavy (non-hydrogen) atoms. The van der Waals surface area contributed by atoms with Crippen LogP contribution in [0.2, 0.25) is 0 Å². The van der Waals surface area contributed by atoms with Gasteiger partial charge in [-0.15, -0.1) is 0 Å². The van der Waals surface area contributed by atoms with Crippen LogP contribution in [0.3, 0.4) is 0 Å². The van der Waals surface area contributed by atoms with Crippen LogP contribution in [-0.2, 0) is 4.79 Å². The van der Waals surface area contributed by atoms with E-state index in [4.69, 9.17) is 0 Å². The average Bonchev–Trinajstić information content (AvgIpc) is 2.31. The molecule has 3 heteroatoms. The fourth-order valence-corrected chi connectivity index (χ4v) is 1.57. The summed E-state index contributed by atoms with van der Waals surface area (Å²) in [6, 6.07) is 9.45. The molecule has 0 fully saturated rings. The van der Waals surface area contributed by atoms with Crippen molar-refractivity contribution in [1.29, 1.82) is 0 Å². The predicted molar refractivity (Wildman–Crippen MR) is 64.9 cm³/mol. The van der Waals surface area contributed by atoms with Crippen LogP contribution in [0.15, 0.2) is 53.8 Å². The van der Waals surface area contributed by atoms with Crippen molar-refractivity contribution in [3.8, 4) is 0 Å². The molecule has 0 aliphatic carbocycles. The molecule has 0 saturated heterocycles. The minimum atomic E-state index is -0.0767. The molecule has 0 atom stereocenters. The Morgan fingerprint density at radius 1 is 1.31 bits per heavy atom. The summed E-state index contributed by atoms with van der Waals surface area (Å²) in [6.07, 6.45) is 3.79. The van der Waals surface area contributed by atoms with Gasteiger partial charge < -0.3 is 10.6 Å². The monoisotopic (exact) mass is 214 g/mol. The molecular weight excluding hydrogens is 200 g/mol. The maximum absolute atomic E-state index is 11.9. The smallest absolute Gasteiger partial charge is 0.257 e. The third kappa shape index (κ3) is 2.31. The summed E-state index contributed by atoms with van der Waals surface area (Å²) in [4.78, 5) is 11.9. The number of rotatable bonds is 2. The van der Waals surface area contributed by atoms with Crippen LogP contribution in [0.4, 0.5) is 5.69 Å². The van der Waals surface area contributed by atoms with Gasteiger partial charge in [-0.25, -0.2) is 0 Å². The van der Waals surface area contributed by atoms with Crippen molar-refractivity contribution in [2.24, 2.45) is 0 Å². The molecule has 2 N–H and O–H groups in total. The summed E-state index contributed by atoms with van der Waals surface area (Å²) in [7, 11) is 0. The fourth-order valence-electron chi connectivity index (χ4n) is 1.57. The quantitative estimate of drug-likeness (QED) is 0.791. The van der Waals surface area contributed by atoms with Crippen molar-refractivity contribution in [3.05, 3.63) is 53.8 Å². The van der Waals surface area contributed by atoms with Crippen molar-refractivity contribution in [3.63, 3.8) is 0 Å². The maximum atomic E-state index is 11.9. The van der Waals surface area contributed by atoms with Crippen LogP contribution in [0.5, 0.6) is 0 Å². The van der Waals surface area contributed by atoms with Crippen LogP contribution in [0.25, 0.3) is 0 Å². The summed E-state index contributed by atoms with van der Waals surface area (Å²) >= 11 is 0. The topological polar surface area (TPSA) is 41.1 Å². The van der Waals surface area contributed by atoms with Gasteiger partial charge in [0.25, 0.3) is 5.91 Å². The lowest BCUT2D eigenvalue weighted by molar-refractivity contribution is -0.112. The predicted octanol–water partition coefficient (Wildman–Crippen LogP) is 2.06. The number of carbonyl (C=O) groups is 1. The van der Waals surface area contributed by atoms with Crippen molar-refractivity contribution < 1.29 is 4.79 Å². The van der Waals surface area contributed by atoms with Gasteiger partial charge in [0.1, 0.15) is 0 Å². The lowest BCUT2D eigenvalue weighted by Crippen LogP contribution is -2.23. The molecule has 1 amide bonds. The molecule has 82 valence electrons. The summed E-state index contributed by atoms with van der Waals surface area (Å²) in [5.74, 6) is -0.0767. The van der Waals surface area contributed by atoms with E-state index in [2.05, 4.69) is 10.6 Å². The van der Waals surface area contributed by atoms with Gasteiger partial charge in [0.05, 0.1) is 5.57 Å². The first-order valence-corrected chi connectivity index (χ1v) is 5.25. The Morgan fingerprint density at radius 2 is 2.06 bits per heavy atom. The van der Waals surface area contributed by atoms with Crippen LogP contribution in [-0.4, -0.2) is 12.5 Å². The molecule has 3 nitrogen and oxygen atoms in total. The Balaban J connectivity index is 2.12. The van der Waals surface area contributed by atoms with E-state index >= 15 is 0 Å². The van der Waals surface area contributed by atoms with E-state index in [-0.39, 0.29) is 5.91 Å². The first-order valence-electron chi connectivity index (χ1n) is 5.25. The van der Waals surface area contributed by atoms with Crippen LogP contribution >= 0.6 is 0 Å². The molecule has 0 bridgehead atoms. The molecule has 0 radical (unpaired) electrons. The van der Waals surface area contributed by atoms with Gasteiger partial charge in [-0.05, 0) is 25.1 Å². The Labute approximate surface area is 94.9 Å². The molecule has 1 aliphatic heterocycles. The lowest BCUT2D eigenvalue weighted by atomic mass is 10.1. The summed E-state index contributed by atoms with van der Waals surface area (Å²) in [6.45, 7) is 2.69. The van der Waals surface area contributed by atoms with Gasteiger partial charge in [-0.1, -0.05) is 24.3 Å². The highest BCUT2D eigenvalue weighted by atomic mass is 16.1. The molecule has 0 aromatic heterocycles. The van der Waals surface area contributed by atoms with E-state index in [1.807, 2.05) is 49.4 Å². The minimum absolute atomic E-state index is 0.0767. The van der Waals surface area contributed by atoms with Crippen LogP contribution < -0.4 is 10.6 Å². The molecule has 1 aliphatic rings. The Kier molecular flexibility index (Phi) is 3.05. The Bertz CT molecular complexity index is 446. The second kappa shape index (κ2) is 4.66. The normalized spacial score (nSPS) is 14.6. The highest BCUT2D eigenvalue weighted by Crippen LogP contribution is 2.12. The van der Waals surface area contributed by atoms with Crippen LogP contribution in [0.1, 0.15) is 6.92 Å². The van der Waals surface area contributed by atoms with Crippen molar-refractivity contribution in [2.75, 3.05) is 11.9 Å². The zero-order valence-electron chi connectivity index (χ0n) is 9.16. The second-order valence-electron chi connectivity index (χ2n) is 3.64. The van der Waals surface area contributed by atoms with Crippen molar-refractivity contribution in [1.82, 2.24) is 5.32 Å². The number of amides is 1. The van der Waals surface area contributed by atoms with Gasteiger partial charge in [-0.3, -0.25) is 4.79 Å². The number of para-hydroxylation sites is 1. The van der Waals surface area contributed by atoms with Gasteiger partial charge in [-0.2, -0.15) is 0 Å². The zero-order chi connectivity index (χ0) is 11.4. The number of nitrogens with one attached hydrogen (secondary N) is 2. The van der Waals surface area contributed by atoms with E-state index in [0.29, 0.717) is 5.57 Å². The molecule has 0 unspecified atom stereocenters. The number of anilines is 1. The molecule has 2 rings (SSSR count). The highest BCUT2D eigenvalue weighted by Gasteiger charge is 2.12. The SMILES string of the molecule is CC1=C(C(=O)Nc2ccccc2)C=CCN1. The average molecular weight is 214 g/mol. The number of dihydropyridines is 1. The van der Waals surface area contributed by atoms with E-state index < -0.39 is 0 Å². The van der Waals surface area contributed by atoms with E-state index in [1.165, 1.54) is 0 Å². The summed E-state index contributed by atoms with van der Waals surface area (Å²) < 4.78 is 0. The Morgan fingerprint density at radius 3 is 2.75 bits per heavy atom. The standard InChI is InChI=1S/C13H14N2O/c1-10-12(8-5-9-14-10)13(16)15-11-6-3-2-4-7-11/h2-8,14H,9H2,1H3,(H,15,16). The third-order valence-corrected chi connectivity index (χ3v) is 2.45. The van der Waals surface area contributed by atoms with Gasteiger partial charge in [0.2, 0.25) is 0 Å². The second-order valence-corrected chi connectivity index (χ2v) is 3.64. The van der Waals surface area contributed by atoms with E-state index in [9.17, 15) is 4.79 Å². The minimum Gasteiger partial charge on any atom is -0.384 e. The number of hydrogen-bond donors (Lipinski definition) is 2. The van der Waals surface area contributed by atoms with E-state index in [1.54, 1.807) is 0 Å². The summed E-state index contributed by atoms with van der Waals surface area (Å²) in [5, 5.41) is 5.98. The molecular formula is C13H14N2O. The number of carbonyl (C=O) groups excluding carboxylic acids is 1. The molecule has 1 heterocycles. The Hall–Kier alpha value is -2.03. The van der Waals surface area contributed by atoms with Crippen molar-refractivity contribution in [2.45, 2.75) is 6.92 Å². The third-order valence-electron chi connectivity index (χ3n) is 2.45. The molecule has 0 saturated carbocycles. The molecule has 1 aromatic rings. The van der Waals surface area contributed by atoms with Gasteiger partial charge >= 0.3 is 0 Å². The first kappa shape index (κ1) is 10.5. The summed E-state index contributed by atoms with van der Waals surface area (Å²) in [5.41, 5.74) is 2.41. The maximum Gasteiger partial charge on any atom is 0.257 e. The zero-order valence-corrected chi connectivity index (χ0v) is 9.16. The fraction of sp³-hybridized carbons (Fsp3) is 0.154. The van der Waals surface area contributed by atoms with Crippen LogP contribution in [0, 0.1) is 0 Å². The molecule has 1 aromatic carbocycles. The largest absolute Gasteiger partial charge is 0.384 e. The van der Waals surface area contributed by atoms with E-state index in [0.717, 1.165) is 17.9 Å². The molecule has 0 spiro atoms. The van der Waals surface area contributed by atoms with Gasteiger partial charge in [0.15, 0.2) is 0 Å². The van der Waals surface area contributed by atoms with Crippen molar-refractivity contribution >= 4 is 11.6 Å². The van der Waals surface area contributed by atoms with Gasteiger partial charge in [0, 0.05) is 17.9 Å². The highest BCUT2D eigenvalue weighted by molar-refractivity contribution is 6.06. The number of hydrogen-bond acceptors (Lipinski definition) is 2.